The molecule has 2 aliphatic heterocycles. The first-order chi connectivity index (χ1) is 14.1. The van der Waals surface area contributed by atoms with Crippen LogP contribution in [0.15, 0.2) is 39.3 Å². The molecule has 4 rings (SSSR count). The number of carbonyl (C=O) groups excluding carboxylic acids is 2. The van der Waals surface area contributed by atoms with Crippen LogP contribution in [0.2, 0.25) is 0 Å². The predicted molar refractivity (Wildman–Crippen MR) is 114 cm³/mol. The van der Waals surface area contributed by atoms with E-state index in [1.54, 1.807) is 27.6 Å². The van der Waals surface area contributed by atoms with E-state index in [4.69, 9.17) is 10.6 Å². The van der Waals surface area contributed by atoms with Gasteiger partial charge in [-0.25, -0.2) is 9.97 Å². The Morgan fingerprint density at radius 2 is 2.31 bits per heavy atom. The number of nitrogen functional groups attached to an aromatic ring is 1. The molecule has 1 unspecified atom stereocenters. The molecule has 1 saturated heterocycles. The number of anilines is 1. The molecule has 0 radical (unpaired) electrons. The van der Waals surface area contributed by atoms with E-state index in [9.17, 15) is 9.59 Å². The van der Waals surface area contributed by atoms with E-state index < -0.39 is 11.9 Å². The molecule has 1 fully saturated rings. The number of thiazole rings is 2. The zero-order chi connectivity index (χ0) is 20.4. The molecule has 2 aliphatic rings. The number of hydrogen-bond acceptors (Lipinski definition) is 10. The van der Waals surface area contributed by atoms with Gasteiger partial charge < -0.3 is 20.8 Å². The van der Waals surface area contributed by atoms with Crippen molar-refractivity contribution in [1.29, 1.82) is 0 Å². The molecule has 2 amide bonds. The third-order valence-corrected chi connectivity index (χ3v) is 6.79. The molecule has 2 atom stereocenters. The van der Waals surface area contributed by atoms with Crippen molar-refractivity contribution in [3.05, 3.63) is 45.5 Å². The zero-order valence-electron chi connectivity index (χ0n) is 15.1. The number of β-lactam (4-membered cyclic amide) rings is 1. The largest absolute Gasteiger partial charge is 0.398 e. The minimum absolute atomic E-state index is 0.0186. The van der Waals surface area contributed by atoms with Gasteiger partial charge in [-0.2, -0.15) is 0 Å². The highest BCUT2D eigenvalue weighted by atomic mass is 32.2. The van der Waals surface area contributed by atoms with Gasteiger partial charge in [-0.15, -0.1) is 34.4 Å². The van der Waals surface area contributed by atoms with Crippen LogP contribution in [0.4, 0.5) is 5.13 Å². The lowest BCUT2D eigenvalue weighted by atomic mass is 10.1. The summed E-state index contributed by atoms with van der Waals surface area (Å²) < 4.78 is 0. The quantitative estimate of drug-likeness (QED) is 0.390. The lowest BCUT2D eigenvalue weighted by Crippen LogP contribution is -2.69. The average molecular weight is 449 g/mol. The maximum absolute atomic E-state index is 12.7. The maximum Gasteiger partial charge on any atom is 0.276 e. The first-order valence-corrected chi connectivity index (χ1v) is 11.3. The van der Waals surface area contributed by atoms with E-state index in [1.165, 1.54) is 29.8 Å². The average Bonchev–Trinajstić information content (AvgIpc) is 3.40. The number of thioether (sulfide) groups is 1. The van der Waals surface area contributed by atoms with Gasteiger partial charge in [0.05, 0.1) is 11.2 Å². The van der Waals surface area contributed by atoms with Crippen molar-refractivity contribution >= 4 is 63.2 Å². The van der Waals surface area contributed by atoms with E-state index in [0.717, 1.165) is 17.0 Å². The summed E-state index contributed by atoms with van der Waals surface area (Å²) in [7, 11) is 1.34. The Kier molecular flexibility index (Phi) is 5.65. The molecule has 2 aromatic rings. The first kappa shape index (κ1) is 19.6. The first-order valence-electron chi connectivity index (χ1n) is 8.41. The van der Waals surface area contributed by atoms with Gasteiger partial charge in [-0.1, -0.05) is 11.2 Å². The Morgan fingerprint density at radius 1 is 1.45 bits per heavy atom. The van der Waals surface area contributed by atoms with Crippen LogP contribution in [0.5, 0.6) is 0 Å². The van der Waals surface area contributed by atoms with Crippen molar-refractivity contribution in [1.82, 2.24) is 20.2 Å². The Bertz CT molecular complexity index is 1010. The summed E-state index contributed by atoms with van der Waals surface area (Å²) in [5.74, 6) is 0.0157. The van der Waals surface area contributed by atoms with Gasteiger partial charge in [-0.05, 0) is 11.6 Å². The van der Waals surface area contributed by atoms with Crippen LogP contribution in [0.1, 0.15) is 11.4 Å². The second-order valence-electron chi connectivity index (χ2n) is 6.04. The lowest BCUT2D eigenvalue weighted by molar-refractivity contribution is -0.143. The van der Waals surface area contributed by atoms with Gasteiger partial charge in [0.15, 0.2) is 10.8 Å². The highest BCUT2D eigenvalue weighted by Gasteiger charge is 2.49. The molecule has 150 valence electrons. The number of allylic oxidation sites excluding steroid dienone is 1. The summed E-state index contributed by atoms with van der Waals surface area (Å²) in [5, 5.41) is 10.2. The van der Waals surface area contributed by atoms with E-state index >= 15 is 0 Å². The van der Waals surface area contributed by atoms with Crippen LogP contribution in [-0.2, 0) is 14.4 Å². The molecular weight excluding hydrogens is 432 g/mol. The van der Waals surface area contributed by atoms with Gasteiger partial charge in [0.25, 0.3) is 11.8 Å². The number of fused-ring (bicyclic) bond motifs is 1. The van der Waals surface area contributed by atoms with Crippen molar-refractivity contribution in [2.75, 3.05) is 18.6 Å². The number of carbonyl (C=O) groups is 2. The number of nitrogens with zero attached hydrogens (tertiary/aromatic N) is 4. The molecule has 0 saturated carbocycles. The Morgan fingerprint density at radius 3 is 3.00 bits per heavy atom. The highest BCUT2D eigenvalue weighted by molar-refractivity contribution is 8.00. The smallest absolute Gasteiger partial charge is 0.276 e. The van der Waals surface area contributed by atoms with Gasteiger partial charge in [0, 0.05) is 22.7 Å². The molecule has 0 bridgehead atoms. The summed E-state index contributed by atoms with van der Waals surface area (Å²) in [5.41, 5.74) is 9.58. The van der Waals surface area contributed by atoms with E-state index in [-0.39, 0.29) is 17.0 Å². The van der Waals surface area contributed by atoms with Crippen molar-refractivity contribution in [3.8, 4) is 0 Å². The Hall–Kier alpha value is -2.70. The number of aromatic nitrogens is 2. The molecule has 2 aromatic heterocycles. The number of amides is 2. The van der Waals surface area contributed by atoms with Crippen LogP contribution < -0.4 is 11.1 Å². The van der Waals surface area contributed by atoms with Gasteiger partial charge >= 0.3 is 0 Å². The SMILES string of the molecule is CON=C(C(=O)NC1C(=O)N2C=C(C=Cc3cscn3)CS[C@H]12)c1csc(N)n1. The van der Waals surface area contributed by atoms with Crippen LogP contribution >= 0.6 is 34.4 Å². The molecule has 29 heavy (non-hydrogen) atoms. The van der Waals surface area contributed by atoms with Gasteiger partial charge in [0.1, 0.15) is 24.2 Å². The summed E-state index contributed by atoms with van der Waals surface area (Å²) in [6, 6.07) is -0.633. The zero-order valence-corrected chi connectivity index (χ0v) is 17.6. The van der Waals surface area contributed by atoms with Crippen molar-refractivity contribution < 1.29 is 14.4 Å². The molecule has 0 aliphatic carbocycles. The summed E-state index contributed by atoms with van der Waals surface area (Å²) >= 11 is 4.30. The highest BCUT2D eigenvalue weighted by Crippen LogP contribution is 2.36. The van der Waals surface area contributed by atoms with Crippen LogP contribution in [0.25, 0.3) is 6.08 Å². The van der Waals surface area contributed by atoms with Gasteiger partial charge in [0.2, 0.25) is 0 Å². The van der Waals surface area contributed by atoms with E-state index in [2.05, 4.69) is 20.4 Å². The number of hydrogen-bond donors (Lipinski definition) is 2. The number of nitrogens with two attached hydrogens (primary N) is 1. The molecule has 0 aromatic carbocycles. The van der Waals surface area contributed by atoms with Crippen molar-refractivity contribution in [2.45, 2.75) is 11.4 Å². The van der Waals surface area contributed by atoms with Crippen molar-refractivity contribution in [3.63, 3.8) is 0 Å². The summed E-state index contributed by atoms with van der Waals surface area (Å²) in [6.45, 7) is 0. The normalized spacial score (nSPS) is 21.6. The second-order valence-corrected chi connectivity index (χ2v) is 8.76. The number of rotatable bonds is 6. The standard InChI is InChI=1S/C17H16N6O3S3/c1-26-22-12(11-7-29-17(18)20-11)14(24)21-13-15(25)23-4-9(5-28-16(13)23)2-3-10-6-27-8-19-10/h2-4,6-8,13,16H,5H2,1H3,(H2,18,20)(H,21,24)/t13?,16-/m1/s1. The van der Waals surface area contributed by atoms with Crippen LogP contribution in [0, 0.1) is 0 Å². The second kappa shape index (κ2) is 8.35. The fourth-order valence-corrected chi connectivity index (χ4v) is 5.13. The molecule has 4 heterocycles. The van der Waals surface area contributed by atoms with E-state index in [0.29, 0.717) is 10.8 Å². The Labute approximate surface area is 178 Å². The van der Waals surface area contributed by atoms with E-state index in [1.807, 2.05) is 23.7 Å². The molecule has 12 heteroatoms. The fourth-order valence-electron chi connectivity index (χ4n) is 2.82. The number of nitrogens with one attached hydrogen (secondary N) is 1. The molecule has 3 N–H and O–H groups in total. The Balaban J connectivity index is 1.42. The lowest BCUT2D eigenvalue weighted by Gasteiger charge is -2.47. The third kappa shape index (κ3) is 4.04. The summed E-state index contributed by atoms with van der Waals surface area (Å²) in [6.07, 6.45) is 5.69. The monoisotopic (exact) mass is 448 g/mol. The topological polar surface area (TPSA) is 123 Å². The third-order valence-electron chi connectivity index (χ3n) is 4.17. The summed E-state index contributed by atoms with van der Waals surface area (Å²) in [4.78, 5) is 39.8. The minimum Gasteiger partial charge on any atom is -0.398 e. The maximum atomic E-state index is 12.7. The molecule has 9 nitrogen and oxygen atoms in total. The van der Waals surface area contributed by atoms with Gasteiger partial charge in [-0.3, -0.25) is 9.59 Å². The molecular formula is C17H16N6O3S3. The minimum atomic E-state index is -0.633. The van der Waals surface area contributed by atoms with Crippen molar-refractivity contribution in [2.24, 2.45) is 5.16 Å². The van der Waals surface area contributed by atoms with Crippen LogP contribution in [-0.4, -0.2) is 56.7 Å². The number of oxime groups is 1. The predicted octanol–water partition coefficient (Wildman–Crippen LogP) is 1.53. The fraction of sp³-hybridized carbons (Fsp3) is 0.235. The van der Waals surface area contributed by atoms with Crippen LogP contribution in [0.3, 0.4) is 0 Å². The molecule has 0 spiro atoms.